The number of esters is 1. The van der Waals surface area contributed by atoms with Crippen LogP contribution in [0.25, 0.3) is 21.0 Å². The van der Waals surface area contributed by atoms with Crippen molar-refractivity contribution in [3.63, 3.8) is 0 Å². The number of hydrogen-bond donors (Lipinski definition) is 0. The number of sulfone groups is 1. The topological polar surface area (TPSA) is 78.3 Å². The first kappa shape index (κ1) is 21.1. The zero-order chi connectivity index (χ0) is 21.4. The molecule has 2 aromatic heterocycles. The van der Waals surface area contributed by atoms with E-state index in [0.717, 1.165) is 35.5 Å². The molecule has 11 heteroatoms. The van der Waals surface area contributed by atoms with Gasteiger partial charge in [0, 0.05) is 11.1 Å². The number of alkyl halides is 3. The van der Waals surface area contributed by atoms with Gasteiger partial charge < -0.3 is 4.74 Å². The van der Waals surface area contributed by atoms with Crippen molar-refractivity contribution in [2.75, 3.05) is 13.4 Å². The van der Waals surface area contributed by atoms with Gasteiger partial charge in [0.2, 0.25) is 0 Å². The molecule has 3 aromatic rings. The number of halogens is 3. The second-order valence-electron chi connectivity index (χ2n) is 6.11. The number of methoxy groups -OCH3 is 1. The van der Waals surface area contributed by atoms with Gasteiger partial charge in [-0.25, -0.2) is 8.42 Å². The Morgan fingerprint density at radius 3 is 2.48 bits per heavy atom. The van der Waals surface area contributed by atoms with Gasteiger partial charge in [0.05, 0.1) is 22.6 Å². The number of carbonyl (C=O) groups is 1. The lowest BCUT2D eigenvalue weighted by Gasteiger charge is -2.05. The van der Waals surface area contributed by atoms with Crippen LogP contribution in [0.5, 0.6) is 0 Å². The van der Waals surface area contributed by atoms with Crippen molar-refractivity contribution in [3.05, 3.63) is 48.2 Å². The Balaban J connectivity index is 2.04. The van der Waals surface area contributed by atoms with Crippen LogP contribution < -0.4 is 0 Å². The van der Waals surface area contributed by atoms with Gasteiger partial charge in [-0.15, -0.1) is 11.3 Å². The molecule has 0 fully saturated rings. The molecule has 29 heavy (non-hydrogen) atoms. The van der Waals surface area contributed by atoms with E-state index < -0.39 is 34.2 Å². The average Bonchev–Trinajstić information content (AvgIpc) is 3.27. The maximum atomic E-state index is 13.1. The van der Waals surface area contributed by atoms with E-state index in [1.54, 1.807) is 24.3 Å². The largest absolute Gasteiger partial charge is 0.468 e. The third-order valence-corrected chi connectivity index (χ3v) is 6.25. The fourth-order valence-electron chi connectivity index (χ4n) is 2.57. The van der Waals surface area contributed by atoms with Crippen LogP contribution in [0, 0.1) is 0 Å². The normalized spacial score (nSPS) is 12.2. The van der Waals surface area contributed by atoms with Gasteiger partial charge in [0.15, 0.2) is 15.5 Å². The van der Waals surface area contributed by atoms with E-state index in [4.69, 9.17) is 0 Å². The van der Waals surface area contributed by atoms with E-state index in [9.17, 15) is 26.4 Å². The fourth-order valence-corrected chi connectivity index (χ4v) is 4.26. The molecule has 0 radical (unpaired) electrons. The minimum atomic E-state index is -4.67. The first-order valence-electron chi connectivity index (χ1n) is 8.11. The summed E-state index contributed by atoms with van der Waals surface area (Å²) in [5.41, 5.74) is -0.400. The number of hydrogen-bond acceptors (Lipinski definition) is 6. The Kier molecular flexibility index (Phi) is 5.54. The van der Waals surface area contributed by atoms with Crippen LogP contribution in [-0.4, -0.2) is 37.5 Å². The van der Waals surface area contributed by atoms with E-state index in [1.807, 2.05) is 0 Å². The van der Waals surface area contributed by atoms with E-state index in [1.165, 1.54) is 12.1 Å². The molecular weight excluding hydrogens is 429 g/mol. The molecule has 0 atom stereocenters. The molecule has 2 heterocycles. The zero-order valence-electron chi connectivity index (χ0n) is 15.2. The maximum Gasteiger partial charge on any atom is 0.435 e. The van der Waals surface area contributed by atoms with Crippen molar-refractivity contribution in [2.45, 2.75) is 17.6 Å². The Morgan fingerprint density at radius 1 is 1.17 bits per heavy atom. The Bertz CT molecular complexity index is 1160. The lowest BCUT2D eigenvalue weighted by molar-refractivity contribution is -0.144. The number of carbonyl (C=O) groups excluding carboxylic acids is 1. The van der Waals surface area contributed by atoms with E-state index in [0.29, 0.717) is 15.3 Å². The van der Waals surface area contributed by atoms with Gasteiger partial charge in [0.1, 0.15) is 6.54 Å². The Labute approximate surface area is 168 Å². The summed E-state index contributed by atoms with van der Waals surface area (Å²) < 4.78 is 68.3. The smallest absolute Gasteiger partial charge is 0.435 e. The third-order valence-electron chi connectivity index (χ3n) is 3.98. The lowest BCUT2D eigenvalue weighted by Crippen LogP contribution is -2.15. The summed E-state index contributed by atoms with van der Waals surface area (Å²) in [4.78, 5) is 12.8. The molecule has 0 amide bonds. The van der Waals surface area contributed by atoms with Gasteiger partial charge >= 0.3 is 12.1 Å². The second-order valence-corrected chi connectivity index (χ2v) is 9.21. The van der Waals surface area contributed by atoms with Crippen LogP contribution in [0.4, 0.5) is 13.2 Å². The van der Waals surface area contributed by atoms with Gasteiger partial charge in [-0.1, -0.05) is 12.1 Å². The molecule has 0 aliphatic rings. The molecule has 6 nitrogen and oxygen atoms in total. The maximum absolute atomic E-state index is 13.1. The summed E-state index contributed by atoms with van der Waals surface area (Å²) in [6.07, 6.45) is -3.57. The van der Waals surface area contributed by atoms with Crippen LogP contribution >= 0.6 is 11.3 Å². The molecular formula is C18H15F3N2O4S2. The van der Waals surface area contributed by atoms with Crippen molar-refractivity contribution in [1.29, 1.82) is 0 Å². The molecule has 0 saturated heterocycles. The number of ether oxygens (including phenoxy) is 1. The molecule has 0 aliphatic heterocycles. The van der Waals surface area contributed by atoms with E-state index in [-0.39, 0.29) is 10.6 Å². The molecule has 0 aliphatic carbocycles. The molecule has 1 aromatic carbocycles. The van der Waals surface area contributed by atoms with Crippen molar-refractivity contribution >= 4 is 27.1 Å². The van der Waals surface area contributed by atoms with Crippen LogP contribution in [0.3, 0.4) is 0 Å². The van der Waals surface area contributed by atoms with Crippen molar-refractivity contribution < 1.29 is 31.1 Å². The Morgan fingerprint density at radius 2 is 1.86 bits per heavy atom. The highest BCUT2D eigenvalue weighted by Gasteiger charge is 2.35. The molecule has 0 unspecified atom stereocenters. The highest BCUT2D eigenvalue weighted by atomic mass is 32.2. The van der Waals surface area contributed by atoms with E-state index >= 15 is 0 Å². The van der Waals surface area contributed by atoms with Crippen LogP contribution in [0.15, 0.2) is 47.4 Å². The zero-order valence-corrected chi connectivity index (χ0v) is 16.9. The van der Waals surface area contributed by atoms with Crippen LogP contribution in [-0.2, 0) is 32.1 Å². The predicted octanol–water partition coefficient (Wildman–Crippen LogP) is 3.87. The second kappa shape index (κ2) is 7.64. The van der Waals surface area contributed by atoms with Gasteiger partial charge in [-0.05, 0) is 35.9 Å². The first-order valence-corrected chi connectivity index (χ1v) is 10.8. The fraction of sp³-hybridized carbons (Fsp3) is 0.222. The molecule has 3 rings (SSSR count). The van der Waals surface area contributed by atoms with Crippen molar-refractivity contribution in [2.24, 2.45) is 0 Å². The predicted molar refractivity (Wildman–Crippen MR) is 101 cm³/mol. The summed E-state index contributed by atoms with van der Waals surface area (Å²) in [5.74, 6) is -0.735. The minimum Gasteiger partial charge on any atom is -0.468 e. The van der Waals surface area contributed by atoms with Crippen molar-refractivity contribution in [3.8, 4) is 21.0 Å². The summed E-state index contributed by atoms with van der Waals surface area (Å²) in [6.45, 7) is -0.474. The first-order chi connectivity index (χ1) is 13.5. The summed E-state index contributed by atoms with van der Waals surface area (Å²) in [5, 5.41) is 3.49. The molecule has 0 bridgehead atoms. The van der Waals surface area contributed by atoms with Crippen molar-refractivity contribution in [1.82, 2.24) is 9.78 Å². The molecule has 0 spiro atoms. The third kappa shape index (κ3) is 4.67. The molecule has 0 N–H and O–H groups in total. The number of rotatable bonds is 5. The molecule has 0 saturated carbocycles. The standard InChI is InChI=1S/C18H15F3N2O4S2/c1-27-17(24)10-23-13(9-16(22-23)18(19,20)21)15-7-6-14(28-15)11-4-3-5-12(8-11)29(2,25)26/h3-9H,10H2,1-2H3. The summed E-state index contributed by atoms with van der Waals surface area (Å²) in [7, 11) is -2.27. The van der Waals surface area contributed by atoms with Gasteiger partial charge in [-0.3, -0.25) is 9.48 Å². The number of nitrogens with zero attached hydrogens (tertiary/aromatic N) is 2. The van der Waals surface area contributed by atoms with Crippen LogP contribution in [0.2, 0.25) is 0 Å². The quantitative estimate of drug-likeness (QED) is 0.558. The highest BCUT2D eigenvalue weighted by molar-refractivity contribution is 7.90. The summed E-state index contributed by atoms with van der Waals surface area (Å²) in [6, 6.07) is 10.4. The number of benzene rings is 1. The van der Waals surface area contributed by atoms with Gasteiger partial charge in [-0.2, -0.15) is 18.3 Å². The van der Waals surface area contributed by atoms with Crippen LogP contribution in [0.1, 0.15) is 5.69 Å². The minimum absolute atomic E-state index is 0.109. The lowest BCUT2D eigenvalue weighted by atomic mass is 10.2. The van der Waals surface area contributed by atoms with Gasteiger partial charge in [0.25, 0.3) is 0 Å². The highest BCUT2D eigenvalue weighted by Crippen LogP contribution is 2.38. The summed E-state index contributed by atoms with van der Waals surface area (Å²) >= 11 is 1.16. The number of thiophene rings is 1. The molecule has 154 valence electrons. The monoisotopic (exact) mass is 444 g/mol. The average molecular weight is 444 g/mol. The Hall–Kier alpha value is -2.66. The van der Waals surface area contributed by atoms with E-state index in [2.05, 4.69) is 9.84 Å². The number of aromatic nitrogens is 2. The SMILES string of the molecule is COC(=O)Cn1nc(C(F)(F)F)cc1-c1ccc(-c2cccc(S(C)(=O)=O)c2)s1.